The van der Waals surface area contributed by atoms with Gasteiger partial charge in [-0.1, -0.05) is 62.2 Å². The van der Waals surface area contributed by atoms with Crippen LogP contribution in [0.5, 0.6) is 0 Å². The van der Waals surface area contributed by atoms with Gasteiger partial charge in [-0.15, -0.1) is 0 Å². The summed E-state index contributed by atoms with van der Waals surface area (Å²) in [6.45, 7) is 0. The molecular formula is C14H12Br2O4. The third-order valence-corrected chi connectivity index (χ3v) is 5.24. The fraction of sp³-hybridized carbons (Fsp3) is 0.286. The monoisotopic (exact) mass is 402 g/mol. The van der Waals surface area contributed by atoms with E-state index in [1.165, 1.54) is 7.11 Å². The van der Waals surface area contributed by atoms with Crippen molar-refractivity contribution in [1.82, 2.24) is 0 Å². The van der Waals surface area contributed by atoms with E-state index < -0.39 is 21.8 Å². The third kappa shape index (κ3) is 2.42. The lowest BCUT2D eigenvalue weighted by molar-refractivity contribution is -0.147. The Labute approximate surface area is 133 Å². The summed E-state index contributed by atoms with van der Waals surface area (Å²) < 4.78 is 3.51. The SMILES string of the molecule is COC(=O)[C@@]1(Br)C[C@H](c2ccccc2)C(Br)=C(O)C1=O. The Balaban J connectivity index is 2.51. The number of ether oxygens (including phenoxy) is 1. The molecule has 0 unspecified atom stereocenters. The molecule has 0 spiro atoms. The van der Waals surface area contributed by atoms with Crippen LogP contribution in [0.2, 0.25) is 0 Å². The molecule has 6 heteroatoms. The minimum absolute atomic E-state index is 0.174. The van der Waals surface area contributed by atoms with Crippen LogP contribution in [0.25, 0.3) is 0 Å². The van der Waals surface area contributed by atoms with Gasteiger partial charge in [0.1, 0.15) is 0 Å². The van der Waals surface area contributed by atoms with Gasteiger partial charge in [0.2, 0.25) is 5.78 Å². The molecule has 20 heavy (non-hydrogen) atoms. The quantitative estimate of drug-likeness (QED) is 0.467. The number of esters is 1. The molecule has 0 saturated carbocycles. The van der Waals surface area contributed by atoms with Crippen LogP contribution < -0.4 is 0 Å². The number of alkyl halides is 1. The molecule has 4 nitrogen and oxygen atoms in total. The van der Waals surface area contributed by atoms with Crippen molar-refractivity contribution in [2.75, 3.05) is 7.11 Å². The maximum atomic E-state index is 12.1. The van der Waals surface area contributed by atoms with Crippen LogP contribution in [-0.4, -0.2) is 28.3 Å². The van der Waals surface area contributed by atoms with Crippen molar-refractivity contribution in [3.05, 3.63) is 46.1 Å². The Morgan fingerprint density at radius 3 is 2.55 bits per heavy atom. The highest BCUT2D eigenvalue weighted by atomic mass is 79.9. The molecule has 0 saturated heterocycles. The van der Waals surface area contributed by atoms with E-state index in [0.717, 1.165) is 5.56 Å². The van der Waals surface area contributed by atoms with Crippen LogP contribution in [0, 0.1) is 0 Å². The second-order valence-electron chi connectivity index (χ2n) is 4.49. The standard InChI is InChI=1S/C14H12Br2O4/c1-20-13(19)14(16)7-9(8-5-3-2-4-6-8)10(15)11(17)12(14)18/h2-6,9,17H,7H2,1H3/t9-,14-/m1/s1. The van der Waals surface area contributed by atoms with Crippen molar-refractivity contribution in [3.63, 3.8) is 0 Å². The zero-order valence-electron chi connectivity index (χ0n) is 10.6. The number of aliphatic hydroxyl groups is 1. The Morgan fingerprint density at radius 2 is 2.00 bits per heavy atom. The summed E-state index contributed by atoms with van der Waals surface area (Å²) in [4.78, 5) is 24.0. The molecule has 0 aromatic heterocycles. The van der Waals surface area contributed by atoms with Gasteiger partial charge in [0, 0.05) is 10.4 Å². The number of methoxy groups -OCH3 is 1. The molecule has 2 atom stereocenters. The summed E-state index contributed by atoms with van der Waals surface area (Å²) in [6, 6.07) is 9.34. The average molecular weight is 404 g/mol. The smallest absolute Gasteiger partial charge is 0.330 e. The highest BCUT2D eigenvalue weighted by Crippen LogP contribution is 2.46. The van der Waals surface area contributed by atoms with E-state index in [4.69, 9.17) is 0 Å². The Bertz CT molecular complexity index is 582. The number of ketones is 1. The summed E-state index contributed by atoms with van der Waals surface area (Å²) in [5.41, 5.74) is 0.895. The van der Waals surface area contributed by atoms with Crippen LogP contribution in [-0.2, 0) is 14.3 Å². The molecular weight excluding hydrogens is 392 g/mol. The summed E-state index contributed by atoms with van der Waals surface area (Å²) in [6.07, 6.45) is 0.174. The summed E-state index contributed by atoms with van der Waals surface area (Å²) in [5.74, 6) is -2.15. The minimum Gasteiger partial charge on any atom is -0.504 e. The predicted octanol–water partition coefficient (Wildman–Crippen LogP) is 3.21. The topological polar surface area (TPSA) is 63.6 Å². The molecule has 1 aromatic rings. The molecule has 0 aliphatic heterocycles. The van der Waals surface area contributed by atoms with E-state index in [2.05, 4.69) is 36.6 Å². The van der Waals surface area contributed by atoms with Crippen LogP contribution >= 0.6 is 31.9 Å². The first-order valence-corrected chi connectivity index (χ1v) is 7.46. The molecule has 2 rings (SSSR count). The second kappa shape index (κ2) is 5.69. The van der Waals surface area contributed by atoms with Gasteiger partial charge in [0.05, 0.1) is 7.11 Å². The van der Waals surface area contributed by atoms with Gasteiger partial charge in [-0.3, -0.25) is 9.59 Å². The van der Waals surface area contributed by atoms with Gasteiger partial charge >= 0.3 is 5.97 Å². The number of carbonyl (C=O) groups excluding carboxylic acids is 2. The molecule has 0 radical (unpaired) electrons. The number of halogens is 2. The highest BCUT2D eigenvalue weighted by molar-refractivity contribution is 9.12. The van der Waals surface area contributed by atoms with Crippen molar-refractivity contribution >= 4 is 43.6 Å². The number of hydrogen-bond donors (Lipinski definition) is 1. The van der Waals surface area contributed by atoms with Crippen molar-refractivity contribution in [2.45, 2.75) is 16.7 Å². The van der Waals surface area contributed by atoms with E-state index in [1.54, 1.807) is 0 Å². The Morgan fingerprint density at radius 1 is 1.40 bits per heavy atom. The molecule has 1 N–H and O–H groups in total. The van der Waals surface area contributed by atoms with Gasteiger partial charge in [-0.25, -0.2) is 0 Å². The normalized spacial score (nSPS) is 26.6. The van der Waals surface area contributed by atoms with E-state index in [-0.39, 0.29) is 12.3 Å². The molecule has 1 aliphatic carbocycles. The van der Waals surface area contributed by atoms with E-state index in [1.807, 2.05) is 30.3 Å². The Hall–Kier alpha value is -1.14. The molecule has 1 aromatic carbocycles. The highest BCUT2D eigenvalue weighted by Gasteiger charge is 2.52. The number of rotatable bonds is 2. The van der Waals surface area contributed by atoms with Gasteiger partial charge in [-0.2, -0.15) is 0 Å². The second-order valence-corrected chi connectivity index (χ2v) is 6.69. The number of hydrogen-bond acceptors (Lipinski definition) is 4. The fourth-order valence-electron chi connectivity index (χ4n) is 2.21. The van der Waals surface area contributed by atoms with Gasteiger partial charge in [0.25, 0.3) is 0 Å². The van der Waals surface area contributed by atoms with Gasteiger partial charge in [0.15, 0.2) is 10.1 Å². The summed E-state index contributed by atoms with van der Waals surface area (Å²) in [5, 5.41) is 10.0. The van der Waals surface area contributed by atoms with E-state index >= 15 is 0 Å². The first-order chi connectivity index (χ1) is 9.41. The van der Waals surface area contributed by atoms with Crippen LogP contribution in [0.3, 0.4) is 0 Å². The van der Waals surface area contributed by atoms with Crippen LogP contribution in [0.1, 0.15) is 17.9 Å². The van der Waals surface area contributed by atoms with Crippen LogP contribution in [0.4, 0.5) is 0 Å². The largest absolute Gasteiger partial charge is 0.504 e. The molecule has 0 amide bonds. The van der Waals surface area contributed by atoms with Crippen LogP contribution in [0.15, 0.2) is 40.6 Å². The predicted molar refractivity (Wildman–Crippen MR) is 81.1 cm³/mol. The number of Topliss-reactive ketones (excluding diaryl/α,β-unsaturated/α-hetero) is 1. The minimum atomic E-state index is -1.55. The molecule has 1 aliphatic rings. The summed E-state index contributed by atoms with van der Waals surface area (Å²) >= 11 is 6.41. The number of aliphatic hydroxyl groups excluding tert-OH is 1. The third-order valence-electron chi connectivity index (χ3n) is 3.30. The fourth-order valence-corrected chi connectivity index (χ4v) is 3.49. The van der Waals surface area contributed by atoms with E-state index in [0.29, 0.717) is 4.48 Å². The molecule has 0 fully saturated rings. The van der Waals surface area contributed by atoms with E-state index in [9.17, 15) is 14.7 Å². The lowest BCUT2D eigenvalue weighted by Crippen LogP contribution is -2.46. The summed E-state index contributed by atoms with van der Waals surface area (Å²) in [7, 11) is 1.21. The maximum absolute atomic E-state index is 12.1. The number of allylic oxidation sites excluding steroid dienone is 2. The zero-order valence-corrected chi connectivity index (χ0v) is 13.8. The van der Waals surface area contributed by atoms with Gasteiger partial charge in [-0.05, 0) is 12.0 Å². The average Bonchev–Trinajstić information content (AvgIpc) is 2.49. The van der Waals surface area contributed by atoms with Crippen molar-refractivity contribution in [2.24, 2.45) is 0 Å². The van der Waals surface area contributed by atoms with Crippen molar-refractivity contribution in [3.8, 4) is 0 Å². The maximum Gasteiger partial charge on any atom is 0.330 e. The first-order valence-electron chi connectivity index (χ1n) is 5.87. The number of benzene rings is 1. The van der Waals surface area contributed by atoms with Crippen molar-refractivity contribution < 1.29 is 19.4 Å². The van der Waals surface area contributed by atoms with Crippen molar-refractivity contribution in [1.29, 1.82) is 0 Å². The first kappa shape index (κ1) is 15.3. The molecule has 106 valence electrons. The lowest BCUT2D eigenvalue weighted by atomic mass is 9.80. The molecule has 0 bridgehead atoms. The number of carbonyl (C=O) groups is 2. The zero-order chi connectivity index (χ0) is 14.9. The molecule has 0 heterocycles. The van der Waals surface area contributed by atoms with Gasteiger partial charge < -0.3 is 9.84 Å². The lowest BCUT2D eigenvalue weighted by Gasteiger charge is -2.32. The Kier molecular flexibility index (Phi) is 4.34.